The average molecular weight is 434 g/mol. The van der Waals surface area contributed by atoms with E-state index in [-0.39, 0.29) is 11.4 Å². The summed E-state index contributed by atoms with van der Waals surface area (Å²) in [5.41, 5.74) is 3.96. The van der Waals surface area contributed by atoms with Gasteiger partial charge >= 0.3 is 11.6 Å². The molecule has 5 nitrogen and oxygen atoms in total. The largest absolute Gasteiger partial charge is 0.524 e. The van der Waals surface area contributed by atoms with E-state index in [0.717, 1.165) is 33.7 Å². The Morgan fingerprint density at radius 1 is 1.03 bits per heavy atom. The van der Waals surface area contributed by atoms with Gasteiger partial charge in [-0.3, -0.25) is 4.42 Å². The average Bonchev–Trinajstić information content (AvgIpc) is 2.74. The molecule has 4 rings (SSSR count). The Labute approximate surface area is 182 Å². The van der Waals surface area contributed by atoms with E-state index in [1.54, 1.807) is 24.3 Å². The number of carboxylic acid groups (broad SMARTS) is 1. The molecule has 4 aromatic rings. The summed E-state index contributed by atoms with van der Waals surface area (Å²) in [5, 5.41) is 20.0. The van der Waals surface area contributed by atoms with Crippen molar-refractivity contribution >= 4 is 34.6 Å². The summed E-state index contributed by atoms with van der Waals surface area (Å²) >= 11 is 6.03. The highest BCUT2D eigenvalue weighted by Crippen LogP contribution is 2.31. The SMILES string of the molecule is O=C(O)/C=C/c1ccc(Cc2c(-c3ccc(Cl)cc3)c(=[OH+])oc3cc(O)ccc23)cc1. The summed E-state index contributed by atoms with van der Waals surface area (Å²) in [6, 6.07) is 19.4. The molecular formula is C25H18ClO5+. The molecular weight excluding hydrogens is 416 g/mol. The summed E-state index contributed by atoms with van der Waals surface area (Å²) < 4.78 is 5.61. The maximum absolute atomic E-state index is 10.7. The van der Waals surface area contributed by atoms with Crippen LogP contribution in [0.5, 0.6) is 5.75 Å². The van der Waals surface area contributed by atoms with E-state index in [2.05, 4.69) is 0 Å². The van der Waals surface area contributed by atoms with Gasteiger partial charge in [-0.2, -0.15) is 0 Å². The highest BCUT2D eigenvalue weighted by Gasteiger charge is 2.22. The van der Waals surface area contributed by atoms with Crippen LogP contribution in [0.25, 0.3) is 28.2 Å². The number of carbonyl (C=O) groups is 1. The number of fused-ring (bicyclic) bond motifs is 1. The van der Waals surface area contributed by atoms with E-state index >= 15 is 0 Å². The minimum Gasteiger partial charge on any atom is -0.508 e. The summed E-state index contributed by atoms with van der Waals surface area (Å²) in [6.45, 7) is 0. The minimum atomic E-state index is -1.00. The van der Waals surface area contributed by atoms with Crippen LogP contribution in [-0.4, -0.2) is 21.0 Å². The van der Waals surface area contributed by atoms with Crippen LogP contribution in [0.1, 0.15) is 16.7 Å². The van der Waals surface area contributed by atoms with Gasteiger partial charge in [0.2, 0.25) is 0 Å². The third-order valence-electron chi connectivity index (χ3n) is 4.92. The van der Waals surface area contributed by atoms with Gasteiger partial charge in [-0.25, -0.2) is 4.79 Å². The molecule has 0 aliphatic carbocycles. The normalized spacial score (nSPS) is 11.3. The van der Waals surface area contributed by atoms with Gasteiger partial charge in [0.25, 0.3) is 5.58 Å². The Kier molecular flexibility index (Phi) is 5.60. The van der Waals surface area contributed by atoms with Gasteiger partial charge in [0.1, 0.15) is 11.3 Å². The molecule has 0 saturated heterocycles. The van der Waals surface area contributed by atoms with Gasteiger partial charge in [-0.05, 0) is 59.0 Å². The van der Waals surface area contributed by atoms with Crippen molar-refractivity contribution in [3.05, 3.63) is 100 Å². The van der Waals surface area contributed by atoms with Gasteiger partial charge in [0, 0.05) is 11.1 Å². The smallest absolute Gasteiger partial charge is 0.508 e. The molecule has 0 bridgehead atoms. The number of halogens is 1. The van der Waals surface area contributed by atoms with E-state index in [9.17, 15) is 14.7 Å². The summed E-state index contributed by atoms with van der Waals surface area (Å²) in [4.78, 5) is 21.4. The van der Waals surface area contributed by atoms with Crippen molar-refractivity contribution in [1.29, 1.82) is 0 Å². The molecule has 6 heteroatoms. The predicted molar refractivity (Wildman–Crippen MR) is 119 cm³/mol. The second-order valence-electron chi connectivity index (χ2n) is 7.04. The maximum atomic E-state index is 10.7. The lowest BCUT2D eigenvalue weighted by atomic mass is 9.93. The molecule has 1 heterocycles. The van der Waals surface area contributed by atoms with Crippen LogP contribution < -0.4 is 5.63 Å². The Balaban J connectivity index is 1.85. The topological polar surface area (TPSA) is 92.1 Å². The summed E-state index contributed by atoms with van der Waals surface area (Å²) in [6.07, 6.45) is 3.09. The highest BCUT2D eigenvalue weighted by atomic mass is 35.5. The van der Waals surface area contributed by atoms with Crippen molar-refractivity contribution in [2.45, 2.75) is 6.42 Å². The lowest BCUT2D eigenvalue weighted by molar-refractivity contribution is -0.131. The first kappa shape index (κ1) is 20.4. The first-order chi connectivity index (χ1) is 14.9. The fourth-order valence-corrected chi connectivity index (χ4v) is 3.61. The van der Waals surface area contributed by atoms with Crippen LogP contribution in [-0.2, 0) is 11.2 Å². The lowest BCUT2D eigenvalue weighted by Crippen LogP contribution is -2.10. The van der Waals surface area contributed by atoms with Gasteiger partial charge in [-0.1, -0.05) is 48.0 Å². The zero-order valence-electron chi connectivity index (χ0n) is 16.2. The standard InChI is InChI=1S/C25H17ClO5/c26-18-8-6-17(7-9-18)24-21(20-11-10-19(27)14-22(20)31-25(24)30)13-16-3-1-15(2-4-16)5-12-23(28)29/h1-12,14,27H,13H2,(H,28,29)/p+1/b12-5+. The van der Waals surface area contributed by atoms with E-state index in [1.165, 1.54) is 12.1 Å². The number of phenols is 1. The zero-order valence-corrected chi connectivity index (χ0v) is 17.0. The summed E-state index contributed by atoms with van der Waals surface area (Å²) in [7, 11) is 0. The number of carboxylic acids is 1. The van der Waals surface area contributed by atoms with Crippen molar-refractivity contribution < 1.29 is 24.2 Å². The second-order valence-corrected chi connectivity index (χ2v) is 7.47. The number of hydrogen-bond acceptors (Lipinski definition) is 3. The van der Waals surface area contributed by atoms with Crippen LogP contribution in [0.3, 0.4) is 0 Å². The molecule has 31 heavy (non-hydrogen) atoms. The van der Waals surface area contributed by atoms with Crippen molar-refractivity contribution in [3.63, 3.8) is 0 Å². The molecule has 0 aliphatic rings. The van der Waals surface area contributed by atoms with Crippen molar-refractivity contribution in [1.82, 2.24) is 0 Å². The molecule has 0 amide bonds. The Morgan fingerprint density at radius 3 is 2.42 bits per heavy atom. The van der Waals surface area contributed by atoms with Gasteiger partial charge < -0.3 is 15.0 Å². The predicted octanol–water partition coefficient (Wildman–Crippen LogP) is 5.15. The van der Waals surface area contributed by atoms with Crippen molar-refractivity contribution in [2.24, 2.45) is 0 Å². The Morgan fingerprint density at radius 2 is 1.74 bits per heavy atom. The summed E-state index contributed by atoms with van der Waals surface area (Å²) in [5.74, 6) is -0.967. The molecule has 0 radical (unpaired) electrons. The number of aliphatic carboxylic acids is 1. The van der Waals surface area contributed by atoms with E-state index in [1.807, 2.05) is 36.4 Å². The van der Waals surface area contributed by atoms with Crippen LogP contribution in [0.2, 0.25) is 5.02 Å². The first-order valence-corrected chi connectivity index (χ1v) is 9.85. The van der Waals surface area contributed by atoms with Crippen LogP contribution in [0.15, 0.2) is 77.2 Å². The number of benzene rings is 3. The molecule has 0 spiro atoms. The quantitative estimate of drug-likeness (QED) is 0.258. The van der Waals surface area contributed by atoms with E-state index in [4.69, 9.17) is 21.1 Å². The third kappa shape index (κ3) is 4.52. The van der Waals surface area contributed by atoms with Gasteiger partial charge in [-0.15, -0.1) is 0 Å². The fourth-order valence-electron chi connectivity index (χ4n) is 3.48. The van der Waals surface area contributed by atoms with Crippen LogP contribution >= 0.6 is 11.6 Å². The number of hydrogen-bond donors (Lipinski definition) is 2. The van der Waals surface area contributed by atoms with Crippen LogP contribution in [0.4, 0.5) is 0 Å². The van der Waals surface area contributed by atoms with E-state index in [0.29, 0.717) is 22.6 Å². The molecule has 0 unspecified atom stereocenters. The number of phenolic OH excluding ortho intramolecular Hbond substituents is 1. The molecule has 154 valence electrons. The number of aromatic hydroxyl groups is 1. The molecule has 0 atom stereocenters. The highest BCUT2D eigenvalue weighted by molar-refractivity contribution is 6.30. The Bertz CT molecular complexity index is 1350. The van der Waals surface area contributed by atoms with Crippen LogP contribution in [0, 0.1) is 0 Å². The van der Waals surface area contributed by atoms with E-state index < -0.39 is 5.97 Å². The fraction of sp³-hybridized carbons (Fsp3) is 0.0400. The monoisotopic (exact) mass is 433 g/mol. The van der Waals surface area contributed by atoms with Gasteiger partial charge in [0.15, 0.2) is 0 Å². The molecule has 1 aromatic heterocycles. The lowest BCUT2D eigenvalue weighted by Gasteiger charge is -2.10. The van der Waals surface area contributed by atoms with Gasteiger partial charge in [0.05, 0.1) is 11.5 Å². The molecule has 0 fully saturated rings. The van der Waals surface area contributed by atoms with Crippen molar-refractivity contribution in [2.75, 3.05) is 0 Å². The minimum absolute atomic E-state index is 0.0374. The third-order valence-corrected chi connectivity index (χ3v) is 5.18. The van der Waals surface area contributed by atoms with Crippen molar-refractivity contribution in [3.8, 4) is 16.9 Å². The molecule has 0 saturated carbocycles. The second kappa shape index (κ2) is 8.50. The molecule has 0 aliphatic heterocycles. The molecule has 3 aromatic carbocycles. The molecule has 3 N–H and O–H groups in total. The Hall–Kier alpha value is -3.83. The first-order valence-electron chi connectivity index (χ1n) is 9.47. The maximum Gasteiger partial charge on any atom is 0.524 e. The number of rotatable bonds is 5. The zero-order chi connectivity index (χ0) is 22.0.